The number of ether oxygens (including phenoxy) is 1. The Balaban J connectivity index is 1.58. The molecule has 1 amide bonds. The van der Waals surface area contributed by atoms with E-state index in [0.29, 0.717) is 0 Å². The second-order valence-electron chi connectivity index (χ2n) is 5.37. The van der Waals surface area contributed by atoms with Crippen LogP contribution >= 0.6 is 0 Å². The topological polar surface area (TPSA) is 53.9 Å². The van der Waals surface area contributed by atoms with Gasteiger partial charge in [-0.2, -0.15) is 5.10 Å². The van der Waals surface area contributed by atoms with Gasteiger partial charge in [0, 0.05) is 18.8 Å². The van der Waals surface area contributed by atoms with Crippen molar-refractivity contribution >= 4 is 17.8 Å². The first-order chi connectivity index (χ1) is 11.7. The number of hydrogen-bond donors (Lipinski definition) is 1. The number of benzene rings is 2. The maximum absolute atomic E-state index is 13.5. The van der Waals surface area contributed by atoms with E-state index >= 15 is 0 Å². The molecule has 1 aliphatic heterocycles. The van der Waals surface area contributed by atoms with Crippen LogP contribution in [0.4, 0.5) is 10.1 Å². The number of morpholine rings is 1. The van der Waals surface area contributed by atoms with Gasteiger partial charge in [0.25, 0.3) is 5.91 Å². The number of hydrazone groups is 1. The van der Waals surface area contributed by atoms with E-state index in [1.54, 1.807) is 6.07 Å². The molecule has 2 aromatic rings. The molecule has 0 aliphatic carbocycles. The fourth-order valence-electron chi connectivity index (χ4n) is 2.46. The van der Waals surface area contributed by atoms with Crippen molar-refractivity contribution in [2.75, 3.05) is 31.2 Å². The summed E-state index contributed by atoms with van der Waals surface area (Å²) in [5.74, 6) is -1.14. The van der Waals surface area contributed by atoms with E-state index in [2.05, 4.69) is 15.4 Å². The molecule has 0 aromatic heterocycles. The third kappa shape index (κ3) is 3.97. The quantitative estimate of drug-likeness (QED) is 0.693. The van der Waals surface area contributed by atoms with Crippen molar-refractivity contribution in [3.8, 4) is 0 Å². The number of halogens is 1. The molecule has 0 unspecified atom stereocenters. The van der Waals surface area contributed by atoms with Gasteiger partial charge in [-0.1, -0.05) is 24.3 Å². The van der Waals surface area contributed by atoms with Crippen LogP contribution in [0.1, 0.15) is 15.9 Å². The molecule has 1 saturated heterocycles. The molecule has 1 aliphatic rings. The summed E-state index contributed by atoms with van der Waals surface area (Å²) < 4.78 is 18.8. The lowest BCUT2D eigenvalue weighted by Gasteiger charge is -2.28. The SMILES string of the molecule is O=C(N/N=C\c1ccc(N2CCOCC2)cc1)c1ccccc1F. The second kappa shape index (κ2) is 7.70. The lowest BCUT2D eigenvalue weighted by atomic mass is 10.2. The zero-order valence-electron chi connectivity index (χ0n) is 13.1. The molecule has 3 rings (SSSR count). The Morgan fingerprint density at radius 2 is 1.83 bits per heavy atom. The fraction of sp³-hybridized carbons (Fsp3) is 0.222. The molecular weight excluding hydrogens is 309 g/mol. The Bertz CT molecular complexity index is 725. The highest BCUT2D eigenvalue weighted by atomic mass is 19.1. The summed E-state index contributed by atoms with van der Waals surface area (Å²) in [6, 6.07) is 13.6. The maximum atomic E-state index is 13.5. The average molecular weight is 327 g/mol. The summed E-state index contributed by atoms with van der Waals surface area (Å²) in [7, 11) is 0. The van der Waals surface area contributed by atoms with Gasteiger partial charge in [0.1, 0.15) is 5.82 Å². The van der Waals surface area contributed by atoms with Crippen molar-refractivity contribution in [1.82, 2.24) is 5.43 Å². The number of carbonyl (C=O) groups excluding carboxylic acids is 1. The van der Waals surface area contributed by atoms with Gasteiger partial charge in [-0.25, -0.2) is 9.82 Å². The third-order valence-corrected chi connectivity index (χ3v) is 3.77. The first kappa shape index (κ1) is 16.1. The Labute approximate surface area is 139 Å². The number of hydrogen-bond acceptors (Lipinski definition) is 4. The molecule has 0 saturated carbocycles. The molecule has 24 heavy (non-hydrogen) atoms. The van der Waals surface area contributed by atoms with Crippen LogP contribution in [-0.2, 0) is 4.74 Å². The zero-order valence-corrected chi connectivity index (χ0v) is 13.1. The van der Waals surface area contributed by atoms with Gasteiger partial charge in [0.2, 0.25) is 0 Å². The van der Waals surface area contributed by atoms with E-state index in [1.807, 2.05) is 24.3 Å². The Morgan fingerprint density at radius 3 is 2.54 bits per heavy atom. The monoisotopic (exact) mass is 327 g/mol. The predicted molar refractivity (Wildman–Crippen MR) is 90.9 cm³/mol. The number of carbonyl (C=O) groups is 1. The summed E-state index contributed by atoms with van der Waals surface area (Å²) in [6.45, 7) is 3.24. The lowest BCUT2D eigenvalue weighted by Crippen LogP contribution is -2.36. The van der Waals surface area contributed by atoms with E-state index in [-0.39, 0.29) is 5.56 Å². The molecule has 2 aromatic carbocycles. The minimum absolute atomic E-state index is 0.0303. The Kier molecular flexibility index (Phi) is 5.18. The third-order valence-electron chi connectivity index (χ3n) is 3.77. The summed E-state index contributed by atoms with van der Waals surface area (Å²) >= 11 is 0. The Morgan fingerprint density at radius 1 is 1.12 bits per heavy atom. The summed E-state index contributed by atoms with van der Waals surface area (Å²) in [4.78, 5) is 14.1. The fourth-order valence-corrected chi connectivity index (χ4v) is 2.46. The highest BCUT2D eigenvalue weighted by Gasteiger charge is 2.11. The first-order valence-corrected chi connectivity index (χ1v) is 7.75. The van der Waals surface area contributed by atoms with E-state index < -0.39 is 11.7 Å². The van der Waals surface area contributed by atoms with Crippen LogP contribution in [0.15, 0.2) is 53.6 Å². The van der Waals surface area contributed by atoms with Crippen LogP contribution in [0.25, 0.3) is 0 Å². The minimum atomic E-state index is -0.575. The molecule has 0 radical (unpaired) electrons. The zero-order chi connectivity index (χ0) is 16.8. The average Bonchev–Trinajstić information content (AvgIpc) is 2.63. The molecule has 1 N–H and O–H groups in total. The standard InChI is InChI=1S/C18H18FN3O2/c19-17-4-2-1-3-16(17)18(23)21-20-13-14-5-7-15(8-6-14)22-9-11-24-12-10-22/h1-8,13H,9-12H2,(H,21,23)/b20-13-. The van der Waals surface area contributed by atoms with E-state index in [1.165, 1.54) is 24.4 Å². The molecule has 0 bridgehead atoms. The van der Waals surface area contributed by atoms with Crippen LogP contribution in [-0.4, -0.2) is 38.4 Å². The number of rotatable bonds is 4. The lowest BCUT2D eigenvalue weighted by molar-refractivity contribution is 0.0951. The van der Waals surface area contributed by atoms with Crippen molar-refractivity contribution in [2.45, 2.75) is 0 Å². The summed E-state index contributed by atoms with van der Waals surface area (Å²) in [5.41, 5.74) is 4.28. The maximum Gasteiger partial charge on any atom is 0.274 e. The van der Waals surface area contributed by atoms with Crippen molar-refractivity contribution in [1.29, 1.82) is 0 Å². The molecule has 0 atom stereocenters. The van der Waals surface area contributed by atoms with Gasteiger partial charge in [-0.3, -0.25) is 4.79 Å². The van der Waals surface area contributed by atoms with Crippen LogP contribution in [0.5, 0.6) is 0 Å². The number of amides is 1. The molecule has 1 fully saturated rings. The van der Waals surface area contributed by atoms with Crippen molar-refractivity contribution in [2.24, 2.45) is 5.10 Å². The predicted octanol–water partition coefficient (Wildman–Crippen LogP) is 2.43. The van der Waals surface area contributed by atoms with E-state index in [9.17, 15) is 9.18 Å². The van der Waals surface area contributed by atoms with Gasteiger partial charge in [0.05, 0.1) is 25.0 Å². The smallest absolute Gasteiger partial charge is 0.274 e. The van der Waals surface area contributed by atoms with Crippen molar-refractivity contribution < 1.29 is 13.9 Å². The molecule has 5 nitrogen and oxygen atoms in total. The molecule has 1 heterocycles. The van der Waals surface area contributed by atoms with Crippen LogP contribution < -0.4 is 10.3 Å². The van der Waals surface area contributed by atoms with Crippen LogP contribution in [0, 0.1) is 5.82 Å². The van der Waals surface area contributed by atoms with Crippen LogP contribution in [0.2, 0.25) is 0 Å². The summed E-state index contributed by atoms with van der Waals surface area (Å²) in [5, 5.41) is 3.88. The second-order valence-corrected chi connectivity index (χ2v) is 5.37. The van der Waals surface area contributed by atoms with Crippen LogP contribution in [0.3, 0.4) is 0 Å². The highest BCUT2D eigenvalue weighted by Crippen LogP contribution is 2.16. The van der Waals surface area contributed by atoms with Gasteiger partial charge in [0.15, 0.2) is 0 Å². The summed E-state index contributed by atoms with van der Waals surface area (Å²) in [6.07, 6.45) is 1.53. The largest absolute Gasteiger partial charge is 0.378 e. The highest BCUT2D eigenvalue weighted by molar-refractivity contribution is 5.95. The van der Waals surface area contributed by atoms with Gasteiger partial charge >= 0.3 is 0 Å². The number of nitrogens with zero attached hydrogens (tertiary/aromatic N) is 2. The van der Waals surface area contributed by atoms with Gasteiger partial charge in [-0.05, 0) is 29.8 Å². The van der Waals surface area contributed by atoms with Gasteiger partial charge in [-0.15, -0.1) is 0 Å². The van der Waals surface area contributed by atoms with Crippen molar-refractivity contribution in [3.05, 3.63) is 65.5 Å². The minimum Gasteiger partial charge on any atom is -0.378 e. The van der Waals surface area contributed by atoms with E-state index in [0.717, 1.165) is 37.6 Å². The normalized spacial score (nSPS) is 14.8. The first-order valence-electron chi connectivity index (χ1n) is 7.75. The van der Waals surface area contributed by atoms with Gasteiger partial charge < -0.3 is 9.64 Å². The van der Waals surface area contributed by atoms with E-state index in [4.69, 9.17) is 4.74 Å². The molecule has 0 spiro atoms. The molecule has 6 heteroatoms. The molecule has 124 valence electrons. The molecular formula is C18H18FN3O2. The number of anilines is 1. The van der Waals surface area contributed by atoms with Crippen molar-refractivity contribution in [3.63, 3.8) is 0 Å². The Hall–Kier alpha value is -2.73. The number of nitrogens with one attached hydrogen (secondary N) is 1.